The number of imidazole rings is 1. The fraction of sp³-hybridized carbons (Fsp3) is 0.167. The van der Waals surface area contributed by atoms with E-state index in [2.05, 4.69) is 10.3 Å². The molecule has 1 aromatic heterocycles. The number of carbonyl (C=O) groups excluding carboxylic acids is 2. The Balaban J connectivity index is 1.90. The van der Waals surface area contributed by atoms with Gasteiger partial charge in [0.25, 0.3) is 5.69 Å². The highest BCUT2D eigenvalue weighted by Crippen LogP contribution is 2.32. The van der Waals surface area contributed by atoms with Crippen LogP contribution >= 0.6 is 0 Å². The highest BCUT2D eigenvalue weighted by atomic mass is 19.4. The average Bonchev–Trinajstić information content (AvgIpc) is 3.03. The van der Waals surface area contributed by atoms with E-state index in [1.165, 1.54) is 29.1 Å². The number of rotatable bonds is 5. The first-order valence-electron chi connectivity index (χ1n) is 8.17. The second-order valence-electron chi connectivity index (χ2n) is 6.18. The average molecular weight is 406 g/mol. The molecule has 0 saturated carbocycles. The van der Waals surface area contributed by atoms with Gasteiger partial charge in [0, 0.05) is 17.3 Å². The largest absolute Gasteiger partial charge is 0.416 e. The van der Waals surface area contributed by atoms with Gasteiger partial charge in [-0.15, -0.1) is 0 Å². The zero-order chi connectivity index (χ0) is 21.3. The van der Waals surface area contributed by atoms with Gasteiger partial charge in [0.2, 0.25) is 5.91 Å². The molecule has 2 aromatic carbocycles. The number of para-hydroxylation sites is 1. The number of alkyl halides is 3. The summed E-state index contributed by atoms with van der Waals surface area (Å²) in [4.78, 5) is 38.4. The molecule has 0 aliphatic carbocycles. The maximum atomic E-state index is 13.0. The van der Waals surface area contributed by atoms with E-state index in [9.17, 15) is 32.9 Å². The molecule has 0 bridgehead atoms. The zero-order valence-corrected chi connectivity index (χ0v) is 14.9. The van der Waals surface area contributed by atoms with Crippen LogP contribution in [0.25, 0.3) is 11.0 Å². The normalized spacial score (nSPS) is 11.4. The molecule has 1 N–H and O–H groups in total. The number of non-ortho nitro benzene ring substituents is 1. The van der Waals surface area contributed by atoms with Crippen molar-refractivity contribution in [3.8, 4) is 0 Å². The summed E-state index contributed by atoms with van der Waals surface area (Å²) in [7, 11) is 0. The standard InChI is InChI=1S/C18H13F3N4O4/c1-10(26)11-5-12(18(19,20)21)7-13(6-11)23-16(27)8-24-9-22-14-3-2-4-15(17(14)24)25(28)29/h2-7,9H,8H2,1H3,(H,23,27). The molecule has 3 aromatic rings. The second-order valence-corrected chi connectivity index (χ2v) is 6.18. The van der Waals surface area contributed by atoms with Crippen molar-refractivity contribution < 1.29 is 27.7 Å². The first-order valence-corrected chi connectivity index (χ1v) is 8.17. The number of nitrogens with one attached hydrogen (secondary N) is 1. The zero-order valence-electron chi connectivity index (χ0n) is 14.9. The molecular weight excluding hydrogens is 393 g/mol. The summed E-state index contributed by atoms with van der Waals surface area (Å²) in [6.07, 6.45) is -3.48. The molecule has 0 atom stereocenters. The predicted molar refractivity (Wildman–Crippen MR) is 96.5 cm³/mol. The number of amides is 1. The fourth-order valence-corrected chi connectivity index (χ4v) is 2.80. The van der Waals surface area contributed by atoms with Crippen molar-refractivity contribution in [2.24, 2.45) is 0 Å². The Morgan fingerprint density at radius 2 is 1.97 bits per heavy atom. The summed E-state index contributed by atoms with van der Waals surface area (Å²) in [6.45, 7) is 0.685. The van der Waals surface area contributed by atoms with Crippen molar-refractivity contribution in [1.29, 1.82) is 0 Å². The summed E-state index contributed by atoms with van der Waals surface area (Å²) in [5.41, 5.74) is -1.35. The number of halogens is 3. The molecule has 1 heterocycles. The molecule has 0 saturated heterocycles. The predicted octanol–water partition coefficient (Wildman–Crippen LogP) is 3.80. The van der Waals surface area contributed by atoms with E-state index in [1.54, 1.807) is 0 Å². The van der Waals surface area contributed by atoms with Gasteiger partial charge in [-0.1, -0.05) is 6.07 Å². The summed E-state index contributed by atoms with van der Waals surface area (Å²) in [5, 5.41) is 13.5. The molecule has 3 rings (SSSR count). The third-order valence-electron chi connectivity index (χ3n) is 4.08. The maximum absolute atomic E-state index is 13.0. The lowest BCUT2D eigenvalue weighted by molar-refractivity contribution is -0.383. The number of fused-ring (bicyclic) bond motifs is 1. The summed E-state index contributed by atoms with van der Waals surface area (Å²) in [5.74, 6) is -1.33. The van der Waals surface area contributed by atoms with Crippen molar-refractivity contribution in [2.75, 3.05) is 5.32 Å². The molecule has 0 aliphatic heterocycles. The Labute approximate surface area is 161 Å². The molecule has 11 heteroatoms. The van der Waals surface area contributed by atoms with Crippen molar-refractivity contribution >= 4 is 34.1 Å². The highest BCUT2D eigenvalue weighted by Gasteiger charge is 2.31. The molecule has 0 aliphatic rings. The Hall–Kier alpha value is -3.76. The van der Waals surface area contributed by atoms with Crippen molar-refractivity contribution in [1.82, 2.24) is 9.55 Å². The lowest BCUT2D eigenvalue weighted by atomic mass is 10.1. The number of anilines is 1. The van der Waals surface area contributed by atoms with E-state index in [1.807, 2.05) is 0 Å². The Morgan fingerprint density at radius 1 is 1.24 bits per heavy atom. The Kier molecular flexibility index (Phi) is 5.06. The van der Waals surface area contributed by atoms with Gasteiger partial charge >= 0.3 is 6.18 Å². The molecule has 0 radical (unpaired) electrons. The van der Waals surface area contributed by atoms with Gasteiger partial charge in [-0.2, -0.15) is 13.2 Å². The molecule has 1 amide bonds. The minimum atomic E-state index is -4.70. The van der Waals surface area contributed by atoms with Crippen LogP contribution < -0.4 is 5.32 Å². The van der Waals surface area contributed by atoms with Gasteiger partial charge in [-0.05, 0) is 31.2 Å². The second kappa shape index (κ2) is 7.34. The van der Waals surface area contributed by atoms with Crippen LogP contribution in [-0.4, -0.2) is 26.2 Å². The molecule has 29 heavy (non-hydrogen) atoms. The van der Waals surface area contributed by atoms with Gasteiger partial charge in [-0.3, -0.25) is 19.7 Å². The van der Waals surface area contributed by atoms with Crippen LogP contribution in [0, 0.1) is 10.1 Å². The van der Waals surface area contributed by atoms with Gasteiger partial charge in [0.15, 0.2) is 5.78 Å². The number of ketones is 1. The van der Waals surface area contributed by atoms with Crippen LogP contribution in [0.2, 0.25) is 0 Å². The van der Waals surface area contributed by atoms with Crippen LogP contribution in [-0.2, 0) is 17.5 Å². The minimum absolute atomic E-state index is 0.112. The molecule has 150 valence electrons. The number of hydrogen-bond donors (Lipinski definition) is 1. The monoisotopic (exact) mass is 406 g/mol. The molecule has 0 unspecified atom stereocenters. The number of hydrogen-bond acceptors (Lipinski definition) is 5. The lowest BCUT2D eigenvalue weighted by Gasteiger charge is -2.12. The van der Waals surface area contributed by atoms with Crippen LogP contribution in [0.1, 0.15) is 22.8 Å². The van der Waals surface area contributed by atoms with E-state index in [0.717, 1.165) is 13.0 Å². The summed E-state index contributed by atoms with van der Waals surface area (Å²) in [6, 6.07) is 6.77. The van der Waals surface area contributed by atoms with E-state index in [0.29, 0.717) is 17.6 Å². The van der Waals surface area contributed by atoms with Gasteiger partial charge in [-0.25, -0.2) is 4.98 Å². The molecule has 0 fully saturated rings. The highest BCUT2D eigenvalue weighted by molar-refractivity contribution is 5.98. The summed E-state index contributed by atoms with van der Waals surface area (Å²) < 4.78 is 40.4. The molecule has 8 nitrogen and oxygen atoms in total. The number of nitrogens with zero attached hydrogens (tertiary/aromatic N) is 3. The number of benzene rings is 2. The molecule has 0 spiro atoms. The van der Waals surface area contributed by atoms with Crippen LogP contribution in [0.3, 0.4) is 0 Å². The maximum Gasteiger partial charge on any atom is 0.416 e. The van der Waals surface area contributed by atoms with Crippen LogP contribution in [0.4, 0.5) is 24.5 Å². The SMILES string of the molecule is CC(=O)c1cc(NC(=O)Cn2cnc3cccc([N+](=O)[O-])c32)cc(C(F)(F)F)c1. The minimum Gasteiger partial charge on any atom is -0.324 e. The van der Waals surface area contributed by atoms with Crippen LogP contribution in [0.5, 0.6) is 0 Å². The third-order valence-corrected chi connectivity index (χ3v) is 4.08. The molecular formula is C18H13F3N4O4. The van der Waals surface area contributed by atoms with Gasteiger partial charge in [0.05, 0.1) is 22.3 Å². The first-order chi connectivity index (χ1) is 13.6. The quantitative estimate of drug-likeness (QED) is 0.394. The number of aromatic nitrogens is 2. The van der Waals surface area contributed by atoms with Crippen molar-refractivity contribution in [3.05, 3.63) is 64.0 Å². The topological polar surface area (TPSA) is 107 Å². The number of carbonyl (C=O) groups is 2. The Bertz CT molecular complexity index is 1140. The van der Waals surface area contributed by atoms with Crippen molar-refractivity contribution in [3.63, 3.8) is 0 Å². The Morgan fingerprint density at radius 3 is 2.59 bits per heavy atom. The van der Waals surface area contributed by atoms with E-state index >= 15 is 0 Å². The number of Topliss-reactive ketones (excluding diaryl/α,β-unsaturated/α-hetero) is 1. The van der Waals surface area contributed by atoms with E-state index in [4.69, 9.17) is 0 Å². The number of nitro benzene ring substituents is 1. The van der Waals surface area contributed by atoms with Crippen LogP contribution in [0.15, 0.2) is 42.7 Å². The lowest BCUT2D eigenvalue weighted by Crippen LogP contribution is -2.19. The van der Waals surface area contributed by atoms with E-state index in [-0.39, 0.29) is 22.5 Å². The van der Waals surface area contributed by atoms with Gasteiger partial charge < -0.3 is 9.88 Å². The smallest absolute Gasteiger partial charge is 0.324 e. The number of nitro groups is 1. The third kappa shape index (κ3) is 4.23. The first kappa shape index (κ1) is 20.0. The summed E-state index contributed by atoms with van der Waals surface area (Å²) >= 11 is 0. The van der Waals surface area contributed by atoms with Gasteiger partial charge in [0.1, 0.15) is 12.1 Å². The fourth-order valence-electron chi connectivity index (χ4n) is 2.80. The van der Waals surface area contributed by atoms with Crippen molar-refractivity contribution in [2.45, 2.75) is 19.6 Å². The van der Waals surface area contributed by atoms with E-state index < -0.39 is 34.9 Å².